The Morgan fingerprint density at radius 3 is 2.29 bits per heavy atom. The second-order valence-electron chi connectivity index (χ2n) is 6.95. The van der Waals surface area contributed by atoms with Gasteiger partial charge in [0, 0.05) is 31.7 Å². The number of benzene rings is 2. The van der Waals surface area contributed by atoms with Gasteiger partial charge in [0.25, 0.3) is 5.91 Å². The summed E-state index contributed by atoms with van der Waals surface area (Å²) in [7, 11) is 2.90. The Balaban J connectivity index is 1.60. The quantitative estimate of drug-likeness (QED) is 0.671. The molecule has 31 heavy (non-hydrogen) atoms. The molecule has 3 rings (SSSR count). The number of hydrogen-bond acceptors (Lipinski definition) is 5. The minimum Gasteiger partial charge on any atom is -0.497 e. The number of nitrogens with zero attached hydrogens (tertiary/aromatic N) is 2. The van der Waals surface area contributed by atoms with Crippen molar-refractivity contribution in [2.45, 2.75) is 13.0 Å². The number of ether oxygens (including phenoxy) is 3. The van der Waals surface area contributed by atoms with E-state index in [1.54, 1.807) is 16.9 Å². The summed E-state index contributed by atoms with van der Waals surface area (Å²) in [4.78, 5) is 28.7. The molecule has 1 aliphatic heterocycles. The van der Waals surface area contributed by atoms with Crippen LogP contribution < -0.4 is 14.2 Å². The van der Waals surface area contributed by atoms with Crippen molar-refractivity contribution in [3.63, 3.8) is 0 Å². The van der Waals surface area contributed by atoms with Gasteiger partial charge in [0.2, 0.25) is 5.91 Å². The first-order valence-corrected chi connectivity index (χ1v) is 9.74. The van der Waals surface area contributed by atoms with Crippen LogP contribution >= 0.6 is 0 Å². The van der Waals surface area contributed by atoms with Gasteiger partial charge in [0.1, 0.15) is 5.75 Å². The van der Waals surface area contributed by atoms with Crippen LogP contribution in [0.1, 0.15) is 15.9 Å². The molecule has 2 amide bonds. The Bertz CT molecular complexity index is 930. The highest BCUT2D eigenvalue weighted by Crippen LogP contribution is 2.30. The van der Waals surface area contributed by atoms with Gasteiger partial charge in [-0.3, -0.25) is 9.59 Å². The third kappa shape index (κ3) is 5.62. The van der Waals surface area contributed by atoms with Gasteiger partial charge in [0.05, 0.1) is 20.6 Å². The minimum atomic E-state index is -3.03. The van der Waals surface area contributed by atoms with E-state index in [-0.39, 0.29) is 35.3 Å². The molecule has 1 heterocycles. The van der Waals surface area contributed by atoms with Crippen molar-refractivity contribution in [1.82, 2.24) is 9.80 Å². The van der Waals surface area contributed by atoms with Crippen molar-refractivity contribution >= 4 is 11.8 Å². The number of methoxy groups -OCH3 is 2. The Hall–Kier alpha value is -3.36. The molecule has 0 spiro atoms. The fraction of sp³-hybridized carbons (Fsp3) is 0.364. The van der Waals surface area contributed by atoms with Crippen molar-refractivity contribution in [2.24, 2.45) is 0 Å². The maximum Gasteiger partial charge on any atom is 0.387 e. The van der Waals surface area contributed by atoms with Crippen LogP contribution in [0.5, 0.6) is 17.2 Å². The average Bonchev–Trinajstić information content (AvgIpc) is 2.78. The van der Waals surface area contributed by atoms with Crippen LogP contribution in [0.3, 0.4) is 0 Å². The van der Waals surface area contributed by atoms with E-state index in [0.717, 1.165) is 5.56 Å². The molecule has 7 nitrogen and oxygen atoms in total. The lowest BCUT2D eigenvalue weighted by Gasteiger charge is -2.35. The zero-order chi connectivity index (χ0) is 22.4. The summed E-state index contributed by atoms with van der Waals surface area (Å²) in [5, 5.41) is 0. The van der Waals surface area contributed by atoms with Crippen molar-refractivity contribution < 1.29 is 32.6 Å². The summed E-state index contributed by atoms with van der Waals surface area (Å²) >= 11 is 0. The van der Waals surface area contributed by atoms with Gasteiger partial charge in [-0.05, 0) is 35.9 Å². The van der Waals surface area contributed by atoms with Gasteiger partial charge in [-0.1, -0.05) is 12.1 Å². The molecule has 1 aliphatic rings. The summed E-state index contributed by atoms with van der Waals surface area (Å²) in [6, 6.07) is 11.5. The van der Waals surface area contributed by atoms with Gasteiger partial charge in [-0.15, -0.1) is 0 Å². The topological polar surface area (TPSA) is 68.3 Å². The van der Waals surface area contributed by atoms with E-state index in [1.807, 2.05) is 24.3 Å². The number of hydrogen-bond donors (Lipinski definition) is 0. The van der Waals surface area contributed by atoms with Gasteiger partial charge in [0.15, 0.2) is 11.5 Å². The Kier molecular flexibility index (Phi) is 7.28. The molecule has 0 atom stereocenters. The number of carbonyl (C=O) groups excluding carboxylic acids is 2. The zero-order valence-corrected chi connectivity index (χ0v) is 17.3. The highest BCUT2D eigenvalue weighted by Gasteiger charge is 2.26. The van der Waals surface area contributed by atoms with Crippen LogP contribution in [0.25, 0.3) is 0 Å². The first-order chi connectivity index (χ1) is 14.9. The standard InChI is InChI=1S/C22H24F2N2O5/c1-29-17-5-3-4-15(12-17)13-20(27)25-8-10-26(11-9-25)21(28)16-6-7-18(30-2)19(14-16)31-22(23)24/h3-7,12,14,22H,8-11,13H2,1-2H3. The SMILES string of the molecule is COc1cccc(CC(=O)N2CCN(C(=O)c3ccc(OC)c(OC(F)F)c3)CC2)c1. The molecular formula is C22H24F2N2O5. The largest absolute Gasteiger partial charge is 0.497 e. The Labute approximate surface area is 179 Å². The third-order valence-electron chi connectivity index (χ3n) is 5.04. The molecule has 0 radical (unpaired) electrons. The molecule has 0 aromatic heterocycles. The highest BCUT2D eigenvalue weighted by molar-refractivity contribution is 5.95. The monoisotopic (exact) mass is 434 g/mol. The molecule has 0 aliphatic carbocycles. The van der Waals surface area contributed by atoms with E-state index in [9.17, 15) is 18.4 Å². The predicted octanol–water partition coefficient (Wildman–Crippen LogP) is 2.83. The predicted molar refractivity (Wildman–Crippen MR) is 109 cm³/mol. The number of rotatable bonds is 7. The lowest BCUT2D eigenvalue weighted by molar-refractivity contribution is -0.131. The molecule has 0 bridgehead atoms. The smallest absolute Gasteiger partial charge is 0.387 e. The third-order valence-corrected chi connectivity index (χ3v) is 5.04. The summed E-state index contributed by atoms with van der Waals surface area (Å²) < 4.78 is 39.9. The molecule has 1 fully saturated rings. The fourth-order valence-corrected chi connectivity index (χ4v) is 3.41. The van der Waals surface area contributed by atoms with E-state index >= 15 is 0 Å². The van der Waals surface area contributed by atoms with Crippen molar-refractivity contribution in [1.29, 1.82) is 0 Å². The Morgan fingerprint density at radius 2 is 1.65 bits per heavy atom. The van der Waals surface area contributed by atoms with Crippen molar-refractivity contribution in [3.8, 4) is 17.2 Å². The zero-order valence-electron chi connectivity index (χ0n) is 17.3. The first kappa shape index (κ1) is 22.3. The summed E-state index contributed by atoms with van der Waals surface area (Å²) in [6.45, 7) is -1.55. The molecule has 0 N–H and O–H groups in total. The van der Waals surface area contributed by atoms with Gasteiger partial charge < -0.3 is 24.0 Å². The molecule has 0 unspecified atom stereocenters. The van der Waals surface area contributed by atoms with E-state index in [2.05, 4.69) is 4.74 Å². The van der Waals surface area contributed by atoms with E-state index in [0.29, 0.717) is 31.9 Å². The summed E-state index contributed by atoms with van der Waals surface area (Å²) in [6.07, 6.45) is 0.248. The van der Waals surface area contributed by atoms with Gasteiger partial charge >= 0.3 is 6.61 Å². The molecule has 1 saturated heterocycles. The highest BCUT2D eigenvalue weighted by atomic mass is 19.3. The van der Waals surface area contributed by atoms with E-state index < -0.39 is 6.61 Å². The maximum atomic E-state index is 12.8. The van der Waals surface area contributed by atoms with Crippen molar-refractivity contribution in [3.05, 3.63) is 53.6 Å². The fourth-order valence-electron chi connectivity index (χ4n) is 3.41. The molecule has 2 aromatic carbocycles. The summed E-state index contributed by atoms with van der Waals surface area (Å²) in [5.41, 5.74) is 1.07. The number of amides is 2. The number of alkyl halides is 2. The second kappa shape index (κ2) is 10.1. The molecule has 166 valence electrons. The van der Waals surface area contributed by atoms with Gasteiger partial charge in [-0.25, -0.2) is 0 Å². The van der Waals surface area contributed by atoms with Crippen LogP contribution in [0.4, 0.5) is 8.78 Å². The number of halogens is 2. The number of carbonyl (C=O) groups is 2. The van der Waals surface area contributed by atoms with Crippen LogP contribution in [0.15, 0.2) is 42.5 Å². The molecular weight excluding hydrogens is 410 g/mol. The number of piperazine rings is 1. The van der Waals surface area contributed by atoms with E-state index in [1.165, 1.54) is 25.3 Å². The van der Waals surface area contributed by atoms with Crippen LogP contribution in [0, 0.1) is 0 Å². The molecule has 2 aromatic rings. The maximum absolute atomic E-state index is 12.8. The summed E-state index contributed by atoms with van der Waals surface area (Å²) in [5.74, 6) is 0.259. The molecule has 9 heteroatoms. The average molecular weight is 434 g/mol. The normalized spacial score (nSPS) is 13.8. The second-order valence-corrected chi connectivity index (χ2v) is 6.95. The minimum absolute atomic E-state index is 0.0302. The van der Waals surface area contributed by atoms with Crippen LogP contribution in [-0.4, -0.2) is 68.6 Å². The van der Waals surface area contributed by atoms with E-state index in [4.69, 9.17) is 9.47 Å². The van der Waals surface area contributed by atoms with Crippen molar-refractivity contribution in [2.75, 3.05) is 40.4 Å². The lowest BCUT2D eigenvalue weighted by Crippen LogP contribution is -2.51. The van der Waals surface area contributed by atoms with Gasteiger partial charge in [-0.2, -0.15) is 8.78 Å². The Morgan fingerprint density at radius 1 is 0.935 bits per heavy atom. The van der Waals surface area contributed by atoms with Crippen LogP contribution in [-0.2, 0) is 11.2 Å². The van der Waals surface area contributed by atoms with Crippen LogP contribution in [0.2, 0.25) is 0 Å². The first-order valence-electron chi connectivity index (χ1n) is 9.74. The molecule has 0 saturated carbocycles. The lowest BCUT2D eigenvalue weighted by atomic mass is 10.1.